The number of carbonyl (C=O) groups excluding carboxylic acids is 1. The highest BCUT2D eigenvalue weighted by atomic mass is 16.2. The van der Waals surface area contributed by atoms with E-state index in [2.05, 4.69) is 24.1 Å². The van der Waals surface area contributed by atoms with Gasteiger partial charge in [0.25, 0.3) is 0 Å². The van der Waals surface area contributed by atoms with Crippen LogP contribution in [-0.2, 0) is 11.3 Å². The number of carbonyl (C=O) groups is 1. The van der Waals surface area contributed by atoms with Crippen molar-refractivity contribution in [3.8, 4) is 0 Å². The monoisotopic (exact) mass is 275 g/mol. The van der Waals surface area contributed by atoms with Crippen molar-refractivity contribution in [1.29, 1.82) is 0 Å². The zero-order valence-electron chi connectivity index (χ0n) is 12.5. The molecule has 110 valence electrons. The Balaban J connectivity index is 1.83. The van der Waals surface area contributed by atoms with Gasteiger partial charge in [0.1, 0.15) is 0 Å². The molecule has 0 saturated carbocycles. The van der Waals surface area contributed by atoms with Gasteiger partial charge in [-0.05, 0) is 43.5 Å². The second-order valence-corrected chi connectivity index (χ2v) is 5.96. The summed E-state index contributed by atoms with van der Waals surface area (Å²) in [5.74, 6) is 0.953. The van der Waals surface area contributed by atoms with Gasteiger partial charge in [-0.15, -0.1) is 0 Å². The highest BCUT2D eigenvalue weighted by Crippen LogP contribution is 2.23. The maximum atomic E-state index is 12.0. The Kier molecular flexibility index (Phi) is 5.53. The van der Waals surface area contributed by atoms with Gasteiger partial charge in [-0.25, -0.2) is 0 Å². The second kappa shape index (κ2) is 7.39. The number of rotatable bonds is 7. The van der Waals surface area contributed by atoms with E-state index in [0.717, 1.165) is 31.5 Å². The molecule has 1 aromatic rings. The molecule has 4 nitrogen and oxygen atoms in total. The van der Waals surface area contributed by atoms with Gasteiger partial charge in [-0.3, -0.25) is 9.78 Å². The summed E-state index contributed by atoms with van der Waals surface area (Å²) < 4.78 is 0. The lowest BCUT2D eigenvalue weighted by Gasteiger charge is -2.25. The minimum atomic E-state index is 0.280. The van der Waals surface area contributed by atoms with Crippen molar-refractivity contribution in [1.82, 2.24) is 15.2 Å². The Morgan fingerprint density at radius 3 is 3.05 bits per heavy atom. The number of amides is 1. The predicted molar refractivity (Wildman–Crippen MR) is 80.1 cm³/mol. The molecule has 1 N–H and O–H groups in total. The average Bonchev–Trinajstić information content (AvgIpc) is 2.77. The zero-order chi connectivity index (χ0) is 14.4. The lowest BCUT2D eigenvalue weighted by molar-refractivity contribution is -0.129. The van der Waals surface area contributed by atoms with Crippen molar-refractivity contribution in [2.45, 2.75) is 45.7 Å². The highest BCUT2D eigenvalue weighted by molar-refractivity contribution is 5.78. The molecule has 1 aliphatic rings. The number of aromatic nitrogens is 1. The summed E-state index contributed by atoms with van der Waals surface area (Å²) in [6, 6.07) is 4.34. The highest BCUT2D eigenvalue weighted by Gasteiger charge is 2.30. The van der Waals surface area contributed by atoms with E-state index in [0.29, 0.717) is 24.9 Å². The number of nitrogens with zero attached hydrogens (tertiary/aromatic N) is 2. The standard InChI is InChI=1S/C16H25N3O/c1-13(2)10-18-9-7-15-5-6-16(20)19(15)12-14-4-3-8-17-11-14/h3-4,8,11,13,15,18H,5-7,9-10,12H2,1-2H3. The molecule has 1 unspecified atom stereocenters. The normalized spacial score (nSPS) is 19.1. The minimum absolute atomic E-state index is 0.280. The van der Waals surface area contributed by atoms with Crippen molar-refractivity contribution in [3.63, 3.8) is 0 Å². The van der Waals surface area contributed by atoms with Gasteiger partial charge in [0.15, 0.2) is 0 Å². The quantitative estimate of drug-likeness (QED) is 0.776. The topological polar surface area (TPSA) is 45.2 Å². The van der Waals surface area contributed by atoms with Gasteiger partial charge in [0.05, 0.1) is 0 Å². The Bertz CT molecular complexity index is 419. The predicted octanol–water partition coefficient (Wildman–Crippen LogP) is 2.21. The van der Waals surface area contributed by atoms with Crippen LogP contribution in [0.3, 0.4) is 0 Å². The van der Waals surface area contributed by atoms with E-state index in [4.69, 9.17) is 0 Å². The van der Waals surface area contributed by atoms with E-state index in [9.17, 15) is 4.79 Å². The molecule has 1 saturated heterocycles. The summed E-state index contributed by atoms with van der Waals surface area (Å²) in [5, 5.41) is 3.46. The lowest BCUT2D eigenvalue weighted by atomic mass is 10.1. The van der Waals surface area contributed by atoms with Crippen LogP contribution < -0.4 is 5.32 Å². The number of likely N-dealkylation sites (tertiary alicyclic amines) is 1. The van der Waals surface area contributed by atoms with E-state index >= 15 is 0 Å². The average molecular weight is 275 g/mol. The maximum absolute atomic E-state index is 12.0. The van der Waals surface area contributed by atoms with E-state index in [1.165, 1.54) is 0 Å². The third-order valence-electron chi connectivity index (χ3n) is 3.74. The Labute approximate surface area is 121 Å². The number of hydrogen-bond donors (Lipinski definition) is 1. The molecule has 20 heavy (non-hydrogen) atoms. The molecule has 1 aliphatic heterocycles. The summed E-state index contributed by atoms with van der Waals surface area (Å²) >= 11 is 0. The molecule has 2 heterocycles. The molecule has 1 atom stereocenters. The van der Waals surface area contributed by atoms with Gasteiger partial charge < -0.3 is 10.2 Å². The van der Waals surface area contributed by atoms with Crippen molar-refractivity contribution in [3.05, 3.63) is 30.1 Å². The van der Waals surface area contributed by atoms with Crippen molar-refractivity contribution in [2.24, 2.45) is 5.92 Å². The number of pyridine rings is 1. The molecule has 0 radical (unpaired) electrons. The van der Waals surface area contributed by atoms with Crippen LogP contribution in [0.5, 0.6) is 0 Å². The molecule has 2 rings (SSSR count). The number of nitrogens with one attached hydrogen (secondary N) is 1. The summed E-state index contributed by atoms with van der Waals surface area (Å²) in [6.45, 7) is 7.14. The first kappa shape index (κ1) is 15.0. The fourth-order valence-electron chi connectivity index (χ4n) is 2.66. The Hall–Kier alpha value is -1.42. The molecule has 4 heteroatoms. The molecule has 0 aliphatic carbocycles. The van der Waals surface area contributed by atoms with Crippen molar-refractivity contribution >= 4 is 5.91 Å². The van der Waals surface area contributed by atoms with Crippen LogP contribution >= 0.6 is 0 Å². The molecule has 1 aromatic heterocycles. The van der Waals surface area contributed by atoms with Gasteiger partial charge in [-0.2, -0.15) is 0 Å². The van der Waals surface area contributed by atoms with Crippen LogP contribution in [0.2, 0.25) is 0 Å². The van der Waals surface area contributed by atoms with Crippen LogP contribution in [0.4, 0.5) is 0 Å². The molecular formula is C16H25N3O. The molecule has 1 amide bonds. The molecule has 0 bridgehead atoms. The lowest BCUT2D eigenvalue weighted by Crippen LogP contribution is -2.35. The van der Waals surface area contributed by atoms with E-state index < -0.39 is 0 Å². The van der Waals surface area contributed by atoms with E-state index in [1.807, 2.05) is 23.2 Å². The first-order chi connectivity index (χ1) is 9.66. The smallest absolute Gasteiger partial charge is 0.223 e. The Morgan fingerprint density at radius 2 is 2.35 bits per heavy atom. The Morgan fingerprint density at radius 1 is 1.50 bits per heavy atom. The van der Waals surface area contributed by atoms with E-state index in [-0.39, 0.29) is 5.91 Å². The van der Waals surface area contributed by atoms with Crippen LogP contribution in [0.15, 0.2) is 24.5 Å². The van der Waals surface area contributed by atoms with Crippen LogP contribution in [0, 0.1) is 5.92 Å². The summed E-state index contributed by atoms with van der Waals surface area (Å²) in [7, 11) is 0. The molecule has 1 fully saturated rings. The van der Waals surface area contributed by atoms with Gasteiger partial charge in [0.2, 0.25) is 5.91 Å². The molecule has 0 spiro atoms. The summed E-state index contributed by atoms with van der Waals surface area (Å²) in [4.78, 5) is 18.2. The first-order valence-corrected chi connectivity index (χ1v) is 7.56. The maximum Gasteiger partial charge on any atom is 0.223 e. The molecule has 0 aromatic carbocycles. The fraction of sp³-hybridized carbons (Fsp3) is 0.625. The zero-order valence-corrected chi connectivity index (χ0v) is 12.5. The van der Waals surface area contributed by atoms with Gasteiger partial charge in [0, 0.05) is 31.4 Å². The van der Waals surface area contributed by atoms with Gasteiger partial charge >= 0.3 is 0 Å². The summed E-state index contributed by atoms with van der Waals surface area (Å²) in [5.41, 5.74) is 1.11. The first-order valence-electron chi connectivity index (χ1n) is 7.56. The van der Waals surface area contributed by atoms with Crippen molar-refractivity contribution < 1.29 is 4.79 Å². The molecular weight excluding hydrogens is 250 g/mol. The summed E-state index contributed by atoms with van der Waals surface area (Å²) in [6.07, 6.45) is 6.33. The minimum Gasteiger partial charge on any atom is -0.335 e. The van der Waals surface area contributed by atoms with Crippen LogP contribution in [0.25, 0.3) is 0 Å². The largest absolute Gasteiger partial charge is 0.335 e. The van der Waals surface area contributed by atoms with Crippen LogP contribution in [-0.4, -0.2) is 34.9 Å². The third-order valence-corrected chi connectivity index (χ3v) is 3.74. The number of hydrogen-bond acceptors (Lipinski definition) is 3. The van der Waals surface area contributed by atoms with Crippen LogP contribution in [0.1, 0.15) is 38.7 Å². The second-order valence-electron chi connectivity index (χ2n) is 5.96. The van der Waals surface area contributed by atoms with Gasteiger partial charge in [-0.1, -0.05) is 19.9 Å². The van der Waals surface area contributed by atoms with E-state index in [1.54, 1.807) is 6.20 Å². The fourth-order valence-corrected chi connectivity index (χ4v) is 2.66. The third kappa shape index (κ3) is 4.30. The SMILES string of the molecule is CC(C)CNCCC1CCC(=O)N1Cc1cccnc1. The van der Waals surface area contributed by atoms with Crippen molar-refractivity contribution in [2.75, 3.05) is 13.1 Å².